The maximum Gasteiger partial charge on any atom is 0.227 e. The number of carbonyl (C=O) groups is 1. The van der Waals surface area contributed by atoms with Crippen LogP contribution in [0.5, 0.6) is 0 Å². The average molecular weight is 372 g/mol. The van der Waals surface area contributed by atoms with Crippen LogP contribution >= 0.6 is 46.3 Å². The number of amides is 1. The predicted molar refractivity (Wildman–Crippen MR) is 97.4 cm³/mol. The van der Waals surface area contributed by atoms with Crippen molar-refractivity contribution in [3.05, 3.63) is 45.3 Å². The number of thioether (sulfide) groups is 1. The number of rotatable bonds is 3. The highest BCUT2D eigenvalue weighted by Gasteiger charge is 2.17. The van der Waals surface area contributed by atoms with Crippen LogP contribution in [0.25, 0.3) is 10.4 Å². The van der Waals surface area contributed by atoms with Crippen LogP contribution in [0, 0.1) is 0 Å². The normalized spacial score (nSPS) is 15.1. The number of nitrogens with zero attached hydrogens (tertiary/aromatic N) is 1. The van der Waals surface area contributed by atoms with Crippen molar-refractivity contribution in [2.24, 2.45) is 0 Å². The second kappa shape index (κ2) is 7.26. The van der Waals surface area contributed by atoms with Crippen molar-refractivity contribution in [3.8, 4) is 10.4 Å². The van der Waals surface area contributed by atoms with E-state index in [-0.39, 0.29) is 5.91 Å². The highest BCUT2D eigenvalue weighted by molar-refractivity contribution is 7.99. The molecule has 0 unspecified atom stereocenters. The minimum Gasteiger partial charge on any atom is -0.341 e. The molecule has 0 spiro atoms. The highest BCUT2D eigenvalue weighted by Crippen LogP contribution is 2.32. The van der Waals surface area contributed by atoms with Crippen molar-refractivity contribution < 1.29 is 4.79 Å². The van der Waals surface area contributed by atoms with Gasteiger partial charge in [0.1, 0.15) is 0 Å². The highest BCUT2D eigenvalue weighted by atomic mass is 35.5. The van der Waals surface area contributed by atoms with Gasteiger partial charge in [-0.2, -0.15) is 11.8 Å². The zero-order valence-electron chi connectivity index (χ0n) is 11.9. The molecule has 3 rings (SSSR count). The molecule has 1 aliphatic rings. The maximum atomic E-state index is 12.3. The fraction of sp³-hybridized carbons (Fsp3) is 0.312. The number of hydrogen-bond donors (Lipinski definition) is 0. The average Bonchev–Trinajstić information content (AvgIpc) is 2.96. The Labute approximate surface area is 148 Å². The molecule has 0 atom stereocenters. The van der Waals surface area contributed by atoms with Gasteiger partial charge in [-0.25, -0.2) is 0 Å². The van der Waals surface area contributed by atoms with Crippen LogP contribution in [0.15, 0.2) is 30.3 Å². The van der Waals surface area contributed by atoms with Crippen molar-refractivity contribution in [2.45, 2.75) is 6.42 Å². The number of hydrogen-bond acceptors (Lipinski definition) is 3. The topological polar surface area (TPSA) is 20.3 Å². The molecule has 116 valence electrons. The van der Waals surface area contributed by atoms with Crippen LogP contribution in [0.1, 0.15) is 4.88 Å². The van der Waals surface area contributed by atoms with Crippen LogP contribution in [0.4, 0.5) is 0 Å². The molecule has 2 heterocycles. The number of thiophene rings is 1. The molecule has 0 N–H and O–H groups in total. The van der Waals surface area contributed by atoms with E-state index in [0.717, 1.165) is 39.9 Å². The minimum absolute atomic E-state index is 0.220. The molecule has 1 aromatic heterocycles. The quantitative estimate of drug-likeness (QED) is 0.769. The summed E-state index contributed by atoms with van der Waals surface area (Å²) in [5.41, 5.74) is 0.996. The van der Waals surface area contributed by atoms with Gasteiger partial charge in [-0.1, -0.05) is 23.2 Å². The first-order valence-corrected chi connectivity index (χ1v) is 9.75. The zero-order chi connectivity index (χ0) is 15.5. The molecule has 2 aromatic rings. The van der Waals surface area contributed by atoms with E-state index in [1.807, 2.05) is 40.9 Å². The summed E-state index contributed by atoms with van der Waals surface area (Å²) in [5.74, 6) is 2.31. The Hall–Kier alpha value is -0.680. The standard InChI is InChI=1S/C16H15Cl2NOS2/c17-12-7-11(8-13(18)9-12)15-2-1-14(22-15)10-16(20)19-3-5-21-6-4-19/h1-2,7-9H,3-6,10H2. The third-order valence-corrected chi connectivity index (χ3v) is 6.01. The van der Waals surface area contributed by atoms with Crippen LogP contribution in [-0.2, 0) is 11.2 Å². The van der Waals surface area contributed by atoms with Gasteiger partial charge in [-0.05, 0) is 35.9 Å². The van der Waals surface area contributed by atoms with Gasteiger partial charge < -0.3 is 4.90 Å². The van der Waals surface area contributed by atoms with Gasteiger partial charge in [0, 0.05) is 44.4 Å². The van der Waals surface area contributed by atoms with Crippen molar-refractivity contribution in [2.75, 3.05) is 24.6 Å². The zero-order valence-corrected chi connectivity index (χ0v) is 15.0. The molecule has 22 heavy (non-hydrogen) atoms. The summed E-state index contributed by atoms with van der Waals surface area (Å²) in [7, 11) is 0. The lowest BCUT2D eigenvalue weighted by Gasteiger charge is -2.26. The predicted octanol–water partition coefficient (Wildman–Crippen LogP) is 4.84. The summed E-state index contributed by atoms with van der Waals surface area (Å²) in [5, 5.41) is 1.25. The molecule has 0 aliphatic carbocycles. The molecule has 1 amide bonds. The summed E-state index contributed by atoms with van der Waals surface area (Å²) in [4.78, 5) is 16.4. The fourth-order valence-electron chi connectivity index (χ4n) is 2.40. The summed E-state index contributed by atoms with van der Waals surface area (Å²) >= 11 is 15.6. The van der Waals surface area contributed by atoms with E-state index in [9.17, 15) is 4.79 Å². The van der Waals surface area contributed by atoms with Crippen LogP contribution < -0.4 is 0 Å². The van der Waals surface area contributed by atoms with E-state index < -0.39 is 0 Å². The van der Waals surface area contributed by atoms with Crippen molar-refractivity contribution in [1.29, 1.82) is 0 Å². The molecule has 1 aliphatic heterocycles. The van der Waals surface area contributed by atoms with Crippen LogP contribution in [0.3, 0.4) is 0 Å². The van der Waals surface area contributed by atoms with Crippen LogP contribution in [0.2, 0.25) is 10.0 Å². The molecular weight excluding hydrogens is 357 g/mol. The second-order valence-electron chi connectivity index (χ2n) is 5.09. The van der Waals surface area contributed by atoms with Gasteiger partial charge in [0.2, 0.25) is 5.91 Å². The van der Waals surface area contributed by atoms with Gasteiger partial charge >= 0.3 is 0 Å². The van der Waals surface area contributed by atoms with Crippen LogP contribution in [-0.4, -0.2) is 35.4 Å². The Morgan fingerprint density at radius 3 is 2.45 bits per heavy atom. The van der Waals surface area contributed by atoms with Crippen molar-refractivity contribution >= 4 is 52.2 Å². The van der Waals surface area contributed by atoms with E-state index in [1.54, 1.807) is 17.4 Å². The van der Waals surface area contributed by atoms with Gasteiger partial charge in [0.15, 0.2) is 0 Å². The Morgan fingerprint density at radius 2 is 1.77 bits per heavy atom. The first kappa shape index (κ1) is 16.2. The lowest BCUT2D eigenvalue weighted by atomic mass is 10.2. The lowest BCUT2D eigenvalue weighted by Crippen LogP contribution is -2.38. The minimum atomic E-state index is 0.220. The van der Waals surface area contributed by atoms with E-state index in [1.165, 1.54) is 0 Å². The van der Waals surface area contributed by atoms with Gasteiger partial charge in [0.25, 0.3) is 0 Å². The van der Waals surface area contributed by atoms with E-state index in [4.69, 9.17) is 23.2 Å². The Balaban J connectivity index is 1.72. The Bertz CT molecular complexity index is 660. The third kappa shape index (κ3) is 3.99. The first-order chi connectivity index (χ1) is 10.6. The Morgan fingerprint density at radius 1 is 1.09 bits per heavy atom. The Kier molecular flexibility index (Phi) is 5.34. The van der Waals surface area contributed by atoms with Gasteiger partial charge in [-0.15, -0.1) is 11.3 Å². The molecule has 0 radical (unpaired) electrons. The van der Waals surface area contributed by atoms with Crippen molar-refractivity contribution in [3.63, 3.8) is 0 Å². The second-order valence-corrected chi connectivity index (χ2v) is 8.36. The number of benzene rings is 1. The SMILES string of the molecule is O=C(Cc1ccc(-c2cc(Cl)cc(Cl)c2)s1)N1CCSCC1. The summed E-state index contributed by atoms with van der Waals surface area (Å²) in [6, 6.07) is 9.56. The molecule has 1 fully saturated rings. The molecule has 1 saturated heterocycles. The lowest BCUT2D eigenvalue weighted by molar-refractivity contribution is -0.130. The van der Waals surface area contributed by atoms with Gasteiger partial charge in [-0.3, -0.25) is 4.79 Å². The molecule has 0 bridgehead atoms. The molecule has 0 saturated carbocycles. The smallest absolute Gasteiger partial charge is 0.227 e. The maximum absolute atomic E-state index is 12.3. The number of carbonyl (C=O) groups excluding carboxylic acids is 1. The fourth-order valence-corrected chi connectivity index (χ4v) is 4.81. The molecule has 6 heteroatoms. The number of halogens is 2. The van der Waals surface area contributed by atoms with Crippen molar-refractivity contribution in [1.82, 2.24) is 4.90 Å². The van der Waals surface area contributed by atoms with E-state index in [2.05, 4.69) is 0 Å². The summed E-state index contributed by atoms with van der Waals surface area (Å²) in [6.45, 7) is 1.73. The summed E-state index contributed by atoms with van der Waals surface area (Å²) < 4.78 is 0. The van der Waals surface area contributed by atoms with E-state index in [0.29, 0.717) is 16.5 Å². The monoisotopic (exact) mass is 371 g/mol. The third-order valence-electron chi connectivity index (χ3n) is 3.50. The molecular formula is C16H15Cl2NOS2. The molecule has 2 nitrogen and oxygen atoms in total. The largest absolute Gasteiger partial charge is 0.341 e. The first-order valence-electron chi connectivity index (χ1n) is 7.02. The molecule has 1 aromatic carbocycles. The van der Waals surface area contributed by atoms with E-state index >= 15 is 0 Å². The van der Waals surface area contributed by atoms with Gasteiger partial charge in [0.05, 0.1) is 6.42 Å². The summed E-state index contributed by atoms with van der Waals surface area (Å²) in [6.07, 6.45) is 0.476.